The number of carbonyl (C=O) groups excluding carboxylic acids is 5. The molecule has 0 aliphatic carbocycles. The lowest BCUT2D eigenvalue weighted by molar-refractivity contribution is -0.130. The number of hydrogen-bond acceptors (Lipinski definition) is 6. The van der Waals surface area contributed by atoms with Crippen molar-refractivity contribution in [2.24, 2.45) is 11.8 Å². The van der Waals surface area contributed by atoms with Gasteiger partial charge in [-0.2, -0.15) is 0 Å². The Morgan fingerprint density at radius 1 is 1.22 bits per heavy atom. The molecule has 0 bridgehead atoms. The number of ether oxygens (including phenoxy) is 1. The van der Waals surface area contributed by atoms with E-state index in [0.717, 1.165) is 5.56 Å². The van der Waals surface area contributed by atoms with Gasteiger partial charge in [-0.15, -0.1) is 0 Å². The quantitative estimate of drug-likeness (QED) is 0.338. The Morgan fingerprint density at radius 2 is 1.90 bits per heavy atom. The summed E-state index contributed by atoms with van der Waals surface area (Å²) >= 11 is 6.11. The lowest BCUT2D eigenvalue weighted by Gasteiger charge is -2.39. The molecule has 0 aromatic heterocycles. The Bertz CT molecular complexity index is 1130. The van der Waals surface area contributed by atoms with Crippen LogP contribution in [0.2, 0.25) is 5.02 Å². The number of aldehydes is 1. The van der Waals surface area contributed by atoms with Crippen molar-refractivity contribution in [3.63, 3.8) is 0 Å². The second kappa shape index (κ2) is 13.7. The van der Waals surface area contributed by atoms with Gasteiger partial charge >= 0.3 is 6.09 Å². The smallest absolute Gasteiger partial charge is 0.407 e. The zero-order valence-corrected chi connectivity index (χ0v) is 25.4. The van der Waals surface area contributed by atoms with Crippen molar-refractivity contribution in [2.75, 3.05) is 19.7 Å². The maximum Gasteiger partial charge on any atom is 0.407 e. The predicted octanol–water partition coefficient (Wildman–Crippen LogP) is 3.35. The zero-order chi connectivity index (χ0) is 30.4. The van der Waals surface area contributed by atoms with Crippen LogP contribution in [0.15, 0.2) is 24.3 Å². The fourth-order valence-electron chi connectivity index (χ4n) is 5.61. The number of carbonyl (C=O) groups is 5. The highest BCUT2D eigenvalue weighted by molar-refractivity contribution is 6.30. The number of halogens is 1. The van der Waals surface area contributed by atoms with Crippen molar-refractivity contribution in [3.8, 4) is 0 Å². The first-order valence-corrected chi connectivity index (χ1v) is 14.6. The summed E-state index contributed by atoms with van der Waals surface area (Å²) in [6.07, 6.45) is 2.24. The topological polar surface area (TPSA) is 134 Å². The van der Waals surface area contributed by atoms with E-state index in [1.165, 1.54) is 6.92 Å². The summed E-state index contributed by atoms with van der Waals surface area (Å²) in [5.74, 6) is -1.01. The van der Waals surface area contributed by atoms with E-state index in [4.69, 9.17) is 16.3 Å². The second-order valence-electron chi connectivity index (χ2n) is 12.5. The molecule has 4 amide bonds. The van der Waals surface area contributed by atoms with Crippen molar-refractivity contribution >= 4 is 41.7 Å². The molecule has 1 aromatic rings. The molecule has 2 saturated heterocycles. The van der Waals surface area contributed by atoms with Crippen molar-refractivity contribution < 1.29 is 28.7 Å². The molecule has 2 unspecified atom stereocenters. The fraction of sp³-hybridized carbons (Fsp3) is 0.633. The number of nitrogens with one attached hydrogen (secondary N) is 3. The predicted molar refractivity (Wildman–Crippen MR) is 155 cm³/mol. The first-order chi connectivity index (χ1) is 19.2. The molecule has 226 valence electrons. The summed E-state index contributed by atoms with van der Waals surface area (Å²) in [5, 5.41) is 9.04. The number of rotatable bonds is 11. The van der Waals surface area contributed by atoms with Gasteiger partial charge in [-0.3, -0.25) is 14.4 Å². The molecule has 10 nitrogen and oxygen atoms in total. The molecule has 1 spiro atoms. The largest absolute Gasteiger partial charge is 0.449 e. The van der Waals surface area contributed by atoms with Gasteiger partial charge < -0.3 is 30.4 Å². The first-order valence-electron chi connectivity index (χ1n) is 14.3. The van der Waals surface area contributed by atoms with E-state index in [1.807, 2.05) is 45.9 Å². The number of alkyl carbamates (subject to hydrolysis) is 1. The van der Waals surface area contributed by atoms with E-state index >= 15 is 0 Å². The molecule has 2 aliphatic heterocycles. The Morgan fingerprint density at radius 3 is 2.49 bits per heavy atom. The van der Waals surface area contributed by atoms with E-state index in [1.54, 1.807) is 11.0 Å². The molecule has 3 rings (SSSR count). The molecule has 1 aromatic carbocycles. The van der Waals surface area contributed by atoms with Crippen molar-refractivity contribution in [3.05, 3.63) is 34.9 Å². The highest BCUT2D eigenvalue weighted by Gasteiger charge is 2.46. The summed E-state index contributed by atoms with van der Waals surface area (Å²) in [7, 11) is 0. The maximum atomic E-state index is 13.2. The first kappa shape index (κ1) is 32.4. The van der Waals surface area contributed by atoms with Crippen LogP contribution in [0, 0.1) is 11.8 Å². The minimum absolute atomic E-state index is 0.0164. The van der Waals surface area contributed by atoms with E-state index in [9.17, 15) is 24.0 Å². The number of hydrogen-bond donors (Lipinski definition) is 3. The van der Waals surface area contributed by atoms with E-state index < -0.39 is 41.0 Å². The molecule has 2 heterocycles. The molecule has 2 aliphatic rings. The fourth-order valence-corrected chi connectivity index (χ4v) is 5.80. The number of benzene rings is 1. The highest BCUT2D eigenvalue weighted by Crippen LogP contribution is 2.36. The van der Waals surface area contributed by atoms with Crippen LogP contribution >= 0.6 is 11.6 Å². The van der Waals surface area contributed by atoms with Crippen LogP contribution in [-0.2, 0) is 29.3 Å². The minimum atomic E-state index is -0.918. The lowest BCUT2D eigenvalue weighted by atomic mass is 9.82. The summed E-state index contributed by atoms with van der Waals surface area (Å²) in [6, 6.07) is 5.52. The molecule has 11 heteroatoms. The number of likely N-dealkylation sites (tertiary alicyclic amines) is 1. The summed E-state index contributed by atoms with van der Waals surface area (Å²) < 4.78 is 5.48. The van der Waals surface area contributed by atoms with Crippen molar-refractivity contribution in [1.82, 2.24) is 20.9 Å². The van der Waals surface area contributed by atoms with Gasteiger partial charge in [0, 0.05) is 41.9 Å². The van der Waals surface area contributed by atoms with Gasteiger partial charge in [0.15, 0.2) is 0 Å². The van der Waals surface area contributed by atoms with Gasteiger partial charge in [-0.1, -0.05) is 51.4 Å². The SMILES string of the molecule is CC(=O)N1CCC2(CC1)CC(CC(C=O)NC(=O)[C@H](CC(C)C)NC(=O)OCC(C)(C)c1cccc(Cl)c1)C(=O)N2. The average Bonchev–Trinajstić information content (AvgIpc) is 3.20. The van der Waals surface area contributed by atoms with Crippen LogP contribution in [0.25, 0.3) is 0 Å². The summed E-state index contributed by atoms with van der Waals surface area (Å²) in [6.45, 7) is 10.4. The lowest BCUT2D eigenvalue weighted by Crippen LogP contribution is -2.51. The van der Waals surface area contributed by atoms with E-state index in [0.29, 0.717) is 50.1 Å². The molecule has 3 N–H and O–H groups in total. The van der Waals surface area contributed by atoms with Crippen molar-refractivity contribution in [2.45, 2.75) is 89.8 Å². The van der Waals surface area contributed by atoms with E-state index in [2.05, 4.69) is 16.0 Å². The Balaban J connectivity index is 1.56. The van der Waals surface area contributed by atoms with Gasteiger partial charge in [0.05, 0.1) is 6.04 Å². The monoisotopic (exact) mass is 590 g/mol. The summed E-state index contributed by atoms with van der Waals surface area (Å²) in [4.78, 5) is 64.1. The molecule has 3 atom stereocenters. The van der Waals surface area contributed by atoms with E-state index in [-0.39, 0.29) is 30.8 Å². The van der Waals surface area contributed by atoms with Crippen LogP contribution in [0.3, 0.4) is 0 Å². The zero-order valence-electron chi connectivity index (χ0n) is 24.6. The third-order valence-electron chi connectivity index (χ3n) is 8.08. The average molecular weight is 591 g/mol. The van der Waals surface area contributed by atoms with Gasteiger partial charge in [-0.25, -0.2) is 4.79 Å². The second-order valence-corrected chi connectivity index (χ2v) is 12.9. The van der Waals surface area contributed by atoms with Crippen LogP contribution in [0.5, 0.6) is 0 Å². The maximum absolute atomic E-state index is 13.2. The molecule has 0 saturated carbocycles. The van der Waals surface area contributed by atoms with Crippen LogP contribution in [0.1, 0.15) is 72.3 Å². The highest BCUT2D eigenvalue weighted by atomic mass is 35.5. The third kappa shape index (κ3) is 8.92. The standard InChI is InChI=1S/C30H43ClN4O6/c1-19(2)13-25(33-28(40)41-18-29(4,5)22-7-6-8-23(31)15-22)27(39)32-24(17-36)14-21-16-30(34-26(21)38)9-11-35(12-10-30)20(3)37/h6-8,15,17,19,21,24-25H,9-14,16,18H2,1-5H3,(H,32,39)(H,33,40)(H,34,38)/t21?,24?,25-/m0/s1. The number of piperidine rings is 1. The van der Waals surface area contributed by atoms with Gasteiger partial charge in [0.2, 0.25) is 17.7 Å². The Kier molecular flexibility index (Phi) is 10.8. The molecule has 0 radical (unpaired) electrons. The van der Waals surface area contributed by atoms with Crippen LogP contribution < -0.4 is 16.0 Å². The third-order valence-corrected chi connectivity index (χ3v) is 8.31. The Hall–Kier alpha value is -3.14. The number of amides is 4. The molecule has 41 heavy (non-hydrogen) atoms. The molecular formula is C30H43ClN4O6. The molecular weight excluding hydrogens is 548 g/mol. The van der Waals surface area contributed by atoms with Crippen LogP contribution in [0.4, 0.5) is 4.79 Å². The Labute approximate surface area is 247 Å². The normalized spacial score (nSPS) is 19.8. The van der Waals surface area contributed by atoms with Gasteiger partial charge in [0.25, 0.3) is 0 Å². The minimum Gasteiger partial charge on any atom is -0.449 e. The summed E-state index contributed by atoms with van der Waals surface area (Å²) in [5.41, 5.74) is 0.00292. The van der Waals surface area contributed by atoms with Crippen LogP contribution in [-0.4, -0.2) is 72.3 Å². The van der Waals surface area contributed by atoms with Gasteiger partial charge in [-0.05, 0) is 55.7 Å². The molecule has 2 fully saturated rings. The number of nitrogens with zero attached hydrogens (tertiary/aromatic N) is 1. The van der Waals surface area contributed by atoms with Gasteiger partial charge in [0.1, 0.15) is 18.9 Å². The van der Waals surface area contributed by atoms with Crippen molar-refractivity contribution in [1.29, 1.82) is 0 Å².